The molecule has 0 aliphatic rings. The van der Waals surface area contributed by atoms with Gasteiger partial charge >= 0.3 is 0 Å². The van der Waals surface area contributed by atoms with E-state index in [9.17, 15) is 0 Å². The molecule has 13 aromatic rings. The normalized spacial score (nSPS) is 11.6. The van der Waals surface area contributed by atoms with E-state index in [0.717, 1.165) is 88.3 Å². The third-order valence-electron chi connectivity index (χ3n) is 12.9. The molecule has 10 aromatic carbocycles. The molecule has 13 rings (SSSR count). The van der Waals surface area contributed by atoms with Gasteiger partial charge in [-0.3, -0.25) is 4.57 Å². The fourth-order valence-corrected chi connectivity index (χ4v) is 9.67. The van der Waals surface area contributed by atoms with Gasteiger partial charge in [0, 0.05) is 32.7 Å². The topological polar surface area (TPSA) is 56.7 Å². The first-order valence-electron chi connectivity index (χ1n) is 22.3. The Morgan fingerprint density at radius 1 is 0.273 bits per heavy atom. The summed E-state index contributed by atoms with van der Waals surface area (Å²) in [6.45, 7) is 0. The van der Waals surface area contributed by atoms with Gasteiger partial charge in [0.15, 0.2) is 11.6 Å². The van der Waals surface area contributed by atoms with Crippen LogP contribution in [0.5, 0.6) is 0 Å². The number of para-hydroxylation sites is 2. The van der Waals surface area contributed by atoms with E-state index in [0.29, 0.717) is 17.6 Å². The molecular formula is C61H38N4O. The molecular weight excluding hydrogens is 805 g/mol. The van der Waals surface area contributed by atoms with E-state index < -0.39 is 0 Å². The molecule has 0 saturated heterocycles. The van der Waals surface area contributed by atoms with E-state index in [-0.39, 0.29) is 0 Å². The van der Waals surface area contributed by atoms with E-state index in [2.05, 4.69) is 211 Å². The van der Waals surface area contributed by atoms with Crippen molar-refractivity contribution in [2.24, 2.45) is 0 Å². The quantitative estimate of drug-likeness (QED) is 0.160. The maximum Gasteiger partial charge on any atom is 0.238 e. The number of hydrogen-bond donors (Lipinski definition) is 0. The highest BCUT2D eigenvalue weighted by Crippen LogP contribution is 2.40. The van der Waals surface area contributed by atoms with Gasteiger partial charge in [-0.1, -0.05) is 194 Å². The van der Waals surface area contributed by atoms with Gasteiger partial charge in [-0.25, -0.2) is 4.98 Å². The predicted molar refractivity (Wildman–Crippen MR) is 272 cm³/mol. The van der Waals surface area contributed by atoms with Crippen LogP contribution in [0.3, 0.4) is 0 Å². The van der Waals surface area contributed by atoms with Crippen molar-refractivity contribution in [3.05, 3.63) is 231 Å². The highest BCUT2D eigenvalue weighted by Gasteiger charge is 2.20. The van der Waals surface area contributed by atoms with Crippen LogP contribution in [0.15, 0.2) is 235 Å². The fraction of sp³-hybridized carbons (Fsp3) is 0. The molecule has 0 amide bonds. The molecule has 66 heavy (non-hydrogen) atoms. The summed E-state index contributed by atoms with van der Waals surface area (Å²) in [6.07, 6.45) is 0. The average Bonchev–Trinajstić information content (AvgIpc) is 3.94. The van der Waals surface area contributed by atoms with Crippen molar-refractivity contribution in [3.63, 3.8) is 0 Å². The fourth-order valence-electron chi connectivity index (χ4n) is 9.67. The Morgan fingerprint density at radius 2 is 0.712 bits per heavy atom. The molecule has 0 aliphatic heterocycles. The second kappa shape index (κ2) is 15.4. The third kappa shape index (κ3) is 6.36. The Kier molecular flexibility index (Phi) is 8.78. The minimum atomic E-state index is 0.561. The summed E-state index contributed by atoms with van der Waals surface area (Å²) in [6, 6.07) is 81.2. The van der Waals surface area contributed by atoms with Gasteiger partial charge in [-0.15, -0.1) is 0 Å². The van der Waals surface area contributed by atoms with E-state index in [1.807, 2.05) is 24.3 Å². The highest BCUT2D eigenvalue weighted by atomic mass is 16.3. The van der Waals surface area contributed by atoms with Crippen molar-refractivity contribution < 1.29 is 4.42 Å². The second-order valence-corrected chi connectivity index (χ2v) is 16.8. The van der Waals surface area contributed by atoms with Crippen LogP contribution >= 0.6 is 0 Å². The minimum absolute atomic E-state index is 0.561. The molecule has 0 spiro atoms. The zero-order valence-corrected chi connectivity index (χ0v) is 35.6. The second-order valence-electron chi connectivity index (χ2n) is 16.8. The lowest BCUT2D eigenvalue weighted by molar-refractivity contribution is 0.669. The largest absolute Gasteiger partial charge is 0.456 e. The van der Waals surface area contributed by atoms with Crippen molar-refractivity contribution in [1.29, 1.82) is 0 Å². The van der Waals surface area contributed by atoms with Crippen LogP contribution in [-0.2, 0) is 0 Å². The first kappa shape index (κ1) is 37.6. The number of nitrogens with zero attached hydrogens (tertiary/aromatic N) is 4. The van der Waals surface area contributed by atoms with E-state index in [1.165, 1.54) is 21.9 Å². The summed E-state index contributed by atoms with van der Waals surface area (Å²) in [7, 11) is 0. The summed E-state index contributed by atoms with van der Waals surface area (Å²) in [4.78, 5) is 15.7. The number of hydrogen-bond acceptors (Lipinski definition) is 4. The first-order valence-corrected chi connectivity index (χ1v) is 22.3. The molecule has 5 nitrogen and oxygen atoms in total. The van der Waals surface area contributed by atoms with Crippen LogP contribution in [0.4, 0.5) is 0 Å². The Morgan fingerprint density at radius 3 is 1.33 bits per heavy atom. The Hall–Kier alpha value is -8.93. The summed E-state index contributed by atoms with van der Waals surface area (Å²) in [5.41, 5.74) is 14.9. The maximum atomic E-state index is 6.18. The lowest BCUT2D eigenvalue weighted by atomic mass is 9.92. The van der Waals surface area contributed by atoms with Gasteiger partial charge in [0.25, 0.3) is 0 Å². The maximum absolute atomic E-state index is 6.18. The van der Waals surface area contributed by atoms with Crippen LogP contribution in [0.1, 0.15) is 0 Å². The third-order valence-corrected chi connectivity index (χ3v) is 12.9. The molecule has 0 saturated carbocycles. The van der Waals surface area contributed by atoms with E-state index in [1.54, 1.807) is 0 Å². The molecule has 0 radical (unpaired) electrons. The number of rotatable bonds is 7. The average molecular weight is 843 g/mol. The minimum Gasteiger partial charge on any atom is -0.456 e. The van der Waals surface area contributed by atoms with Gasteiger partial charge < -0.3 is 4.42 Å². The highest BCUT2D eigenvalue weighted by molar-refractivity contribution is 6.13. The standard InChI is InChI=1S/C61H38N4O/c1-3-13-39(14-4-1)41-25-29-43(30-26-41)59-62-60(44-31-27-42(28-32-44)40-15-5-2-6-16-40)64-61(63-59)65-55-23-9-7-17-51(55)53-37-45(33-35-56(53)65)47-19-11-22-50-48(20-12-21-49(47)50)46-34-36-58-54(38-46)52-18-8-10-24-57(52)66-58/h1-38H. The lowest BCUT2D eigenvalue weighted by Crippen LogP contribution is -2.06. The SMILES string of the molecule is c1ccc(-c2ccc(-c3nc(-c4ccc(-c5ccccc5)cc4)nc(-n4c5ccccc5c5cc(-c6cccc7c(-c8ccc9oc%10ccccc%10c9c8)cccc67)ccc54)n3)cc2)cc1. The van der Waals surface area contributed by atoms with Gasteiger partial charge in [0.2, 0.25) is 5.95 Å². The summed E-state index contributed by atoms with van der Waals surface area (Å²) < 4.78 is 8.37. The van der Waals surface area contributed by atoms with Gasteiger partial charge in [0.1, 0.15) is 11.2 Å². The Bertz CT molecular complexity index is 3860. The number of aromatic nitrogens is 4. The molecule has 308 valence electrons. The van der Waals surface area contributed by atoms with Crippen LogP contribution in [-0.4, -0.2) is 19.5 Å². The Balaban J connectivity index is 0.950. The smallest absolute Gasteiger partial charge is 0.238 e. The molecule has 5 heteroatoms. The molecule has 0 aliphatic carbocycles. The number of fused-ring (bicyclic) bond motifs is 7. The van der Waals surface area contributed by atoms with Crippen LogP contribution in [0.2, 0.25) is 0 Å². The van der Waals surface area contributed by atoms with Crippen molar-refractivity contribution in [2.75, 3.05) is 0 Å². The zero-order valence-electron chi connectivity index (χ0n) is 35.6. The molecule has 3 heterocycles. The summed E-state index contributed by atoms with van der Waals surface area (Å²) >= 11 is 0. The van der Waals surface area contributed by atoms with Crippen molar-refractivity contribution in [2.45, 2.75) is 0 Å². The van der Waals surface area contributed by atoms with Gasteiger partial charge in [-0.05, 0) is 91.7 Å². The van der Waals surface area contributed by atoms with Crippen LogP contribution < -0.4 is 0 Å². The molecule has 0 atom stereocenters. The van der Waals surface area contributed by atoms with Gasteiger partial charge in [-0.2, -0.15) is 9.97 Å². The molecule has 0 unspecified atom stereocenters. The number of furan rings is 1. The Labute approximate surface area is 380 Å². The first-order chi connectivity index (χ1) is 32.7. The van der Waals surface area contributed by atoms with Gasteiger partial charge in [0.05, 0.1) is 11.0 Å². The molecule has 0 fully saturated rings. The van der Waals surface area contributed by atoms with Crippen molar-refractivity contribution in [3.8, 4) is 73.2 Å². The van der Waals surface area contributed by atoms with E-state index in [4.69, 9.17) is 19.4 Å². The predicted octanol–water partition coefficient (Wildman–Crippen LogP) is 16.0. The van der Waals surface area contributed by atoms with Crippen molar-refractivity contribution in [1.82, 2.24) is 19.5 Å². The number of benzene rings is 10. The van der Waals surface area contributed by atoms with Crippen LogP contribution in [0, 0.1) is 0 Å². The van der Waals surface area contributed by atoms with Crippen LogP contribution in [0.25, 0.3) is 128 Å². The van der Waals surface area contributed by atoms with Crippen molar-refractivity contribution >= 4 is 54.5 Å². The summed E-state index contributed by atoms with van der Waals surface area (Å²) in [5, 5.41) is 6.89. The molecule has 3 aromatic heterocycles. The lowest BCUT2D eigenvalue weighted by Gasteiger charge is -2.13. The summed E-state index contributed by atoms with van der Waals surface area (Å²) in [5.74, 6) is 1.78. The molecule has 0 bridgehead atoms. The zero-order chi connectivity index (χ0) is 43.6. The monoisotopic (exact) mass is 842 g/mol. The molecule has 0 N–H and O–H groups in total. The van der Waals surface area contributed by atoms with E-state index >= 15 is 0 Å².